The Labute approximate surface area is 152 Å². The highest BCUT2D eigenvalue weighted by Crippen LogP contribution is 2.22. The van der Waals surface area contributed by atoms with Crippen molar-refractivity contribution in [3.8, 4) is 0 Å². The molecule has 0 fully saturated rings. The van der Waals surface area contributed by atoms with Gasteiger partial charge in [-0.25, -0.2) is 0 Å². The Bertz CT molecular complexity index is 571. The lowest BCUT2D eigenvalue weighted by Crippen LogP contribution is -2.51. The van der Waals surface area contributed by atoms with Gasteiger partial charge in [-0.1, -0.05) is 60.1 Å². The minimum atomic E-state index is -0.533. The first-order valence-electron chi connectivity index (χ1n) is 9.28. The summed E-state index contributed by atoms with van der Waals surface area (Å²) in [6.07, 6.45) is 1.94. The molecule has 0 saturated heterocycles. The van der Waals surface area contributed by atoms with Crippen LogP contribution in [0.1, 0.15) is 77.2 Å². The van der Waals surface area contributed by atoms with Crippen molar-refractivity contribution in [1.29, 1.82) is 0 Å². The van der Waals surface area contributed by atoms with E-state index in [2.05, 4.69) is 38.3 Å². The highest BCUT2D eigenvalue weighted by Gasteiger charge is 2.25. The number of carbonyl (C=O) groups excluding carboxylic acids is 2. The molecule has 2 atom stereocenters. The fraction of sp³-hybridized carbons (Fsp3) is 0.619. The largest absolute Gasteiger partial charge is 0.352 e. The highest BCUT2D eigenvalue weighted by atomic mass is 16.2. The maximum atomic E-state index is 12.5. The molecular weight excluding hydrogens is 312 g/mol. The van der Waals surface area contributed by atoms with E-state index in [0.29, 0.717) is 5.56 Å². The molecule has 0 aliphatic heterocycles. The Kier molecular flexibility index (Phi) is 7.65. The molecule has 2 N–H and O–H groups in total. The van der Waals surface area contributed by atoms with Gasteiger partial charge in [-0.3, -0.25) is 9.59 Å². The van der Waals surface area contributed by atoms with Crippen LogP contribution in [0, 0.1) is 5.92 Å². The molecule has 4 heteroatoms. The van der Waals surface area contributed by atoms with Gasteiger partial charge in [0.1, 0.15) is 6.04 Å². The molecule has 4 nitrogen and oxygen atoms in total. The maximum Gasteiger partial charge on any atom is 0.251 e. The average molecular weight is 347 g/mol. The Hall–Kier alpha value is -1.84. The summed E-state index contributed by atoms with van der Waals surface area (Å²) in [5, 5.41) is 5.88. The van der Waals surface area contributed by atoms with Crippen molar-refractivity contribution < 1.29 is 9.59 Å². The van der Waals surface area contributed by atoms with Crippen LogP contribution in [0.3, 0.4) is 0 Å². The summed E-state index contributed by atoms with van der Waals surface area (Å²) in [5.74, 6) is -0.306. The number of nitrogens with one attached hydrogen (secondary N) is 2. The number of hydrogen-bond donors (Lipinski definition) is 2. The summed E-state index contributed by atoms with van der Waals surface area (Å²) in [7, 11) is 0. The summed E-state index contributed by atoms with van der Waals surface area (Å²) in [6.45, 7) is 14.4. The molecule has 0 aliphatic carbocycles. The zero-order chi connectivity index (χ0) is 19.2. The molecular formula is C21H34N2O2. The molecule has 1 aromatic rings. The van der Waals surface area contributed by atoms with E-state index in [1.807, 2.05) is 45.0 Å². The number of amides is 2. The van der Waals surface area contributed by atoms with E-state index in [1.165, 1.54) is 5.56 Å². The second kappa shape index (κ2) is 9.02. The predicted molar refractivity (Wildman–Crippen MR) is 104 cm³/mol. The van der Waals surface area contributed by atoms with Crippen molar-refractivity contribution in [3.05, 3.63) is 35.4 Å². The number of carbonyl (C=O) groups is 2. The Morgan fingerprint density at radius 2 is 1.56 bits per heavy atom. The van der Waals surface area contributed by atoms with E-state index in [-0.39, 0.29) is 29.2 Å². The first-order chi connectivity index (χ1) is 11.6. The Balaban J connectivity index is 2.81. The van der Waals surface area contributed by atoms with Crippen LogP contribution in [0.25, 0.3) is 0 Å². The minimum absolute atomic E-state index is 0.0200. The van der Waals surface area contributed by atoms with Gasteiger partial charge in [0, 0.05) is 11.6 Å². The summed E-state index contributed by atoms with van der Waals surface area (Å²) in [4.78, 5) is 25.0. The van der Waals surface area contributed by atoms with Crippen molar-refractivity contribution in [2.75, 3.05) is 0 Å². The van der Waals surface area contributed by atoms with Gasteiger partial charge in [0.15, 0.2) is 0 Å². The monoisotopic (exact) mass is 346 g/mol. The fourth-order valence-corrected chi connectivity index (χ4v) is 2.72. The smallest absolute Gasteiger partial charge is 0.251 e. The van der Waals surface area contributed by atoms with Crippen molar-refractivity contribution in [3.63, 3.8) is 0 Å². The van der Waals surface area contributed by atoms with Gasteiger partial charge in [0.25, 0.3) is 5.91 Å². The minimum Gasteiger partial charge on any atom is -0.352 e. The summed E-state index contributed by atoms with van der Waals surface area (Å²) >= 11 is 0. The zero-order valence-electron chi connectivity index (χ0n) is 16.8. The lowest BCUT2D eigenvalue weighted by atomic mass is 9.86. The quantitative estimate of drug-likeness (QED) is 0.783. The molecule has 0 bridgehead atoms. The van der Waals surface area contributed by atoms with E-state index in [0.717, 1.165) is 12.8 Å². The van der Waals surface area contributed by atoms with E-state index in [9.17, 15) is 9.59 Å². The Morgan fingerprint density at radius 3 is 2.00 bits per heavy atom. The SMILES string of the molecule is CCC[C@H](C)NC(=O)[C@H](NC(=O)c1ccc(C(C)(C)C)cc1)C(C)C. The molecule has 1 aromatic carbocycles. The first-order valence-corrected chi connectivity index (χ1v) is 9.28. The van der Waals surface area contributed by atoms with Gasteiger partial charge >= 0.3 is 0 Å². The van der Waals surface area contributed by atoms with Gasteiger partial charge in [-0.05, 0) is 42.4 Å². The number of rotatable bonds is 7. The normalized spacial score (nSPS) is 14.1. The van der Waals surface area contributed by atoms with Crippen molar-refractivity contribution >= 4 is 11.8 Å². The molecule has 0 heterocycles. The van der Waals surface area contributed by atoms with E-state index in [1.54, 1.807) is 0 Å². The van der Waals surface area contributed by atoms with Crippen LogP contribution < -0.4 is 10.6 Å². The topological polar surface area (TPSA) is 58.2 Å². The van der Waals surface area contributed by atoms with Crippen LogP contribution in [0.4, 0.5) is 0 Å². The van der Waals surface area contributed by atoms with Gasteiger partial charge in [0.05, 0.1) is 0 Å². The van der Waals surface area contributed by atoms with Crippen LogP contribution in [0.5, 0.6) is 0 Å². The second-order valence-electron chi connectivity index (χ2n) is 8.22. The standard InChI is InChI=1S/C21H34N2O2/c1-8-9-15(4)22-20(25)18(14(2)3)23-19(24)16-10-12-17(13-11-16)21(5,6)7/h10-15,18H,8-9H2,1-7H3,(H,22,25)(H,23,24)/t15-,18+/m0/s1. The van der Waals surface area contributed by atoms with Gasteiger partial charge in [-0.2, -0.15) is 0 Å². The number of hydrogen-bond acceptors (Lipinski definition) is 2. The van der Waals surface area contributed by atoms with Crippen molar-refractivity contribution in [2.45, 2.75) is 78.8 Å². The maximum absolute atomic E-state index is 12.5. The van der Waals surface area contributed by atoms with Crippen LogP contribution in [-0.2, 0) is 10.2 Å². The molecule has 2 amide bonds. The first kappa shape index (κ1) is 21.2. The molecule has 0 saturated carbocycles. The third-order valence-electron chi connectivity index (χ3n) is 4.36. The molecule has 0 radical (unpaired) electrons. The fourth-order valence-electron chi connectivity index (χ4n) is 2.72. The summed E-state index contributed by atoms with van der Waals surface area (Å²) < 4.78 is 0. The molecule has 25 heavy (non-hydrogen) atoms. The molecule has 1 rings (SSSR count). The summed E-state index contributed by atoms with van der Waals surface area (Å²) in [6, 6.07) is 7.18. The molecule has 140 valence electrons. The predicted octanol–water partition coefficient (Wildman–Crippen LogP) is 4.04. The van der Waals surface area contributed by atoms with Crippen LogP contribution >= 0.6 is 0 Å². The number of benzene rings is 1. The van der Waals surface area contributed by atoms with Crippen LogP contribution in [0.15, 0.2) is 24.3 Å². The average Bonchev–Trinajstić information content (AvgIpc) is 2.51. The molecule has 0 spiro atoms. The highest BCUT2D eigenvalue weighted by molar-refractivity contribution is 5.97. The van der Waals surface area contributed by atoms with Crippen molar-refractivity contribution in [2.24, 2.45) is 5.92 Å². The third kappa shape index (κ3) is 6.52. The van der Waals surface area contributed by atoms with Crippen molar-refractivity contribution in [1.82, 2.24) is 10.6 Å². The van der Waals surface area contributed by atoms with E-state index in [4.69, 9.17) is 0 Å². The summed E-state index contributed by atoms with van der Waals surface area (Å²) in [5.41, 5.74) is 1.80. The molecule has 0 aliphatic rings. The van der Waals surface area contributed by atoms with Gasteiger partial charge in [-0.15, -0.1) is 0 Å². The van der Waals surface area contributed by atoms with Gasteiger partial charge < -0.3 is 10.6 Å². The lowest BCUT2D eigenvalue weighted by molar-refractivity contribution is -0.124. The second-order valence-corrected chi connectivity index (χ2v) is 8.22. The molecule has 0 unspecified atom stereocenters. The zero-order valence-corrected chi connectivity index (χ0v) is 16.8. The van der Waals surface area contributed by atoms with Crippen LogP contribution in [-0.4, -0.2) is 23.9 Å². The Morgan fingerprint density at radius 1 is 1.00 bits per heavy atom. The third-order valence-corrected chi connectivity index (χ3v) is 4.36. The lowest BCUT2D eigenvalue weighted by Gasteiger charge is -2.24. The molecule has 0 aromatic heterocycles. The van der Waals surface area contributed by atoms with Gasteiger partial charge in [0.2, 0.25) is 5.91 Å². The van der Waals surface area contributed by atoms with E-state index < -0.39 is 6.04 Å². The van der Waals surface area contributed by atoms with E-state index >= 15 is 0 Å². The van der Waals surface area contributed by atoms with Crippen LogP contribution in [0.2, 0.25) is 0 Å².